The van der Waals surface area contributed by atoms with Crippen LogP contribution in [0.5, 0.6) is 5.75 Å². The number of ether oxygens (including phenoxy) is 1. The van der Waals surface area contributed by atoms with Crippen molar-refractivity contribution in [2.24, 2.45) is 5.73 Å². The lowest BCUT2D eigenvalue weighted by molar-refractivity contribution is 0.208. The molecular weight excluding hydrogens is 197 g/mol. The Balaban J connectivity index is 3.10. The quantitative estimate of drug-likeness (QED) is 0.761. The molecule has 1 aromatic rings. The highest BCUT2D eigenvalue weighted by Crippen LogP contribution is 2.26. The van der Waals surface area contributed by atoms with Crippen LogP contribution in [0.15, 0.2) is 12.1 Å². The number of hydrogen-bond acceptors (Lipinski definition) is 2. The van der Waals surface area contributed by atoms with Gasteiger partial charge in [-0.3, -0.25) is 0 Å². The fourth-order valence-electron chi connectivity index (χ4n) is 0.824. The molecule has 0 radical (unpaired) electrons. The van der Waals surface area contributed by atoms with E-state index in [9.17, 15) is 9.18 Å². The lowest BCUT2D eigenvalue weighted by Crippen LogP contribution is -2.17. The number of carbonyl (C=O) groups is 1. The van der Waals surface area contributed by atoms with E-state index < -0.39 is 11.9 Å². The maximum absolute atomic E-state index is 13.2. The Labute approximate surface area is 79.2 Å². The Bertz CT molecular complexity index is 354. The minimum atomic E-state index is -1.05. The molecule has 0 aliphatic carbocycles. The molecule has 70 valence electrons. The summed E-state index contributed by atoms with van der Waals surface area (Å²) in [5, 5.41) is 0.273. The van der Waals surface area contributed by atoms with Gasteiger partial charge in [-0.15, -0.1) is 0 Å². The monoisotopic (exact) mass is 203 g/mol. The van der Waals surface area contributed by atoms with E-state index in [4.69, 9.17) is 17.3 Å². The molecule has 1 amide bonds. The number of primary amides is 1. The number of benzene rings is 1. The van der Waals surface area contributed by atoms with Crippen molar-refractivity contribution >= 4 is 17.7 Å². The van der Waals surface area contributed by atoms with Crippen molar-refractivity contribution in [1.82, 2.24) is 0 Å². The highest BCUT2D eigenvalue weighted by atomic mass is 35.5. The second-order valence-electron chi connectivity index (χ2n) is 2.41. The summed E-state index contributed by atoms with van der Waals surface area (Å²) >= 11 is 5.61. The van der Waals surface area contributed by atoms with E-state index in [1.807, 2.05) is 0 Å². The third-order valence-corrected chi connectivity index (χ3v) is 1.90. The van der Waals surface area contributed by atoms with Gasteiger partial charge in [0, 0.05) is 10.6 Å². The average molecular weight is 204 g/mol. The molecule has 0 heterocycles. The van der Waals surface area contributed by atoms with Gasteiger partial charge in [0.1, 0.15) is 0 Å². The molecular formula is C8H7ClFNO2. The maximum Gasteiger partial charge on any atom is 0.410 e. The fraction of sp³-hybridized carbons (Fsp3) is 0.125. The van der Waals surface area contributed by atoms with Crippen LogP contribution in [0.4, 0.5) is 9.18 Å². The van der Waals surface area contributed by atoms with Crippen molar-refractivity contribution in [2.75, 3.05) is 0 Å². The normalized spacial score (nSPS) is 9.77. The second-order valence-corrected chi connectivity index (χ2v) is 2.81. The molecule has 2 N–H and O–H groups in total. The molecule has 0 aliphatic rings. The largest absolute Gasteiger partial charge is 0.410 e. The fourth-order valence-corrected chi connectivity index (χ4v) is 0.970. The highest BCUT2D eigenvalue weighted by molar-refractivity contribution is 6.31. The van der Waals surface area contributed by atoms with E-state index >= 15 is 0 Å². The zero-order valence-electron chi connectivity index (χ0n) is 6.80. The van der Waals surface area contributed by atoms with Gasteiger partial charge in [0.15, 0.2) is 11.6 Å². The van der Waals surface area contributed by atoms with Gasteiger partial charge in [0.2, 0.25) is 0 Å². The Hall–Kier alpha value is -1.29. The van der Waals surface area contributed by atoms with Crippen molar-refractivity contribution in [3.8, 4) is 5.75 Å². The summed E-state index contributed by atoms with van der Waals surface area (Å²) < 4.78 is 17.6. The van der Waals surface area contributed by atoms with Crippen LogP contribution < -0.4 is 10.5 Å². The molecule has 0 unspecified atom stereocenters. The van der Waals surface area contributed by atoms with Gasteiger partial charge in [-0.2, -0.15) is 0 Å². The Morgan fingerprint density at radius 2 is 2.23 bits per heavy atom. The predicted octanol–water partition coefficient (Wildman–Crippen LogP) is 2.25. The summed E-state index contributed by atoms with van der Waals surface area (Å²) in [6.45, 7) is 1.48. The van der Waals surface area contributed by atoms with Gasteiger partial charge < -0.3 is 10.5 Å². The van der Waals surface area contributed by atoms with Gasteiger partial charge >= 0.3 is 6.09 Å². The van der Waals surface area contributed by atoms with Crippen LogP contribution in [0, 0.1) is 12.7 Å². The van der Waals surface area contributed by atoms with Crippen molar-refractivity contribution in [1.29, 1.82) is 0 Å². The molecule has 1 rings (SSSR count). The third-order valence-electron chi connectivity index (χ3n) is 1.50. The van der Waals surface area contributed by atoms with Gasteiger partial charge in [-0.25, -0.2) is 9.18 Å². The molecule has 0 fully saturated rings. The van der Waals surface area contributed by atoms with E-state index in [-0.39, 0.29) is 16.3 Å². The number of hydrogen-bond donors (Lipinski definition) is 1. The van der Waals surface area contributed by atoms with Crippen molar-refractivity contribution in [2.45, 2.75) is 6.92 Å². The minimum absolute atomic E-state index is 0.214. The van der Waals surface area contributed by atoms with Gasteiger partial charge in [-0.05, 0) is 19.1 Å². The molecule has 3 nitrogen and oxygen atoms in total. The molecule has 0 atom stereocenters. The summed E-state index contributed by atoms with van der Waals surface area (Å²) in [6.07, 6.45) is -1.05. The van der Waals surface area contributed by atoms with Crippen LogP contribution in [0.25, 0.3) is 0 Å². The molecule has 0 bridgehead atoms. The van der Waals surface area contributed by atoms with Crippen molar-refractivity contribution in [3.63, 3.8) is 0 Å². The molecule has 0 saturated heterocycles. The zero-order valence-corrected chi connectivity index (χ0v) is 7.56. The predicted molar refractivity (Wildman–Crippen MR) is 46.4 cm³/mol. The minimum Gasteiger partial charge on any atom is -0.407 e. The smallest absolute Gasteiger partial charge is 0.407 e. The number of nitrogens with two attached hydrogens (primary N) is 1. The zero-order chi connectivity index (χ0) is 10.0. The summed E-state index contributed by atoms with van der Waals surface area (Å²) in [6, 6.07) is 2.67. The number of halogens is 2. The van der Waals surface area contributed by atoms with Crippen LogP contribution in [0.2, 0.25) is 5.02 Å². The summed E-state index contributed by atoms with van der Waals surface area (Å²) in [4.78, 5) is 10.3. The molecule has 0 spiro atoms. The first-order chi connectivity index (χ1) is 6.02. The second kappa shape index (κ2) is 3.62. The van der Waals surface area contributed by atoms with Crippen LogP contribution in [-0.4, -0.2) is 6.09 Å². The van der Waals surface area contributed by atoms with E-state index in [0.29, 0.717) is 0 Å². The molecule has 0 aromatic heterocycles. The van der Waals surface area contributed by atoms with E-state index in [0.717, 1.165) is 0 Å². The maximum atomic E-state index is 13.2. The number of rotatable bonds is 1. The lowest BCUT2D eigenvalue weighted by atomic mass is 10.2. The Morgan fingerprint density at radius 3 is 2.77 bits per heavy atom. The first-order valence-corrected chi connectivity index (χ1v) is 3.82. The first kappa shape index (κ1) is 9.80. The van der Waals surface area contributed by atoms with E-state index in [1.54, 1.807) is 0 Å². The summed E-state index contributed by atoms with van der Waals surface area (Å²) in [7, 11) is 0. The van der Waals surface area contributed by atoms with Crippen LogP contribution >= 0.6 is 11.6 Å². The van der Waals surface area contributed by atoms with Crippen LogP contribution in [0.3, 0.4) is 0 Å². The molecule has 13 heavy (non-hydrogen) atoms. The van der Waals surface area contributed by atoms with Gasteiger partial charge in [0.25, 0.3) is 0 Å². The van der Waals surface area contributed by atoms with Crippen LogP contribution in [-0.2, 0) is 0 Å². The van der Waals surface area contributed by atoms with E-state index in [1.165, 1.54) is 19.1 Å². The first-order valence-electron chi connectivity index (χ1n) is 3.44. The molecule has 1 aromatic carbocycles. The Morgan fingerprint density at radius 1 is 1.62 bits per heavy atom. The summed E-state index contributed by atoms with van der Waals surface area (Å²) in [5.41, 5.74) is 4.94. The van der Waals surface area contributed by atoms with E-state index in [2.05, 4.69) is 4.74 Å². The topological polar surface area (TPSA) is 52.3 Å². The third kappa shape index (κ3) is 2.09. The van der Waals surface area contributed by atoms with Crippen molar-refractivity contribution < 1.29 is 13.9 Å². The molecule has 0 aliphatic heterocycles. The Kier molecular flexibility index (Phi) is 2.72. The van der Waals surface area contributed by atoms with Gasteiger partial charge in [-0.1, -0.05) is 11.6 Å². The number of carbonyl (C=O) groups excluding carboxylic acids is 1. The molecule has 5 heteroatoms. The summed E-state index contributed by atoms with van der Waals surface area (Å²) in [5.74, 6) is -0.888. The highest BCUT2D eigenvalue weighted by Gasteiger charge is 2.11. The number of amides is 1. The van der Waals surface area contributed by atoms with Crippen LogP contribution in [0.1, 0.15) is 5.56 Å². The van der Waals surface area contributed by atoms with Gasteiger partial charge in [0.05, 0.1) is 0 Å². The lowest BCUT2D eigenvalue weighted by Gasteiger charge is -2.05. The standard InChI is InChI=1S/C8H7ClFNO2/c1-4-5(9)2-3-6(7(4)10)13-8(11)12/h2-3H,1H3,(H2,11,12). The average Bonchev–Trinajstić information content (AvgIpc) is 2.06. The molecule has 0 saturated carbocycles. The SMILES string of the molecule is Cc1c(Cl)ccc(OC(N)=O)c1F. The van der Waals surface area contributed by atoms with Crippen molar-refractivity contribution in [3.05, 3.63) is 28.5 Å².